The van der Waals surface area contributed by atoms with Crippen molar-refractivity contribution in [3.05, 3.63) is 0 Å². The van der Waals surface area contributed by atoms with E-state index in [9.17, 15) is 14.4 Å². The summed E-state index contributed by atoms with van der Waals surface area (Å²) in [6.45, 7) is 1.35. The number of carbonyl (C=O) groups is 3. The van der Waals surface area contributed by atoms with E-state index < -0.39 is 17.2 Å². The number of esters is 2. The molecule has 0 aromatic rings. The first kappa shape index (κ1) is 8.26. The lowest BCUT2D eigenvalue weighted by Gasteiger charge is -1.97. The van der Waals surface area contributed by atoms with Gasteiger partial charge in [-0.3, -0.25) is 14.4 Å². The van der Waals surface area contributed by atoms with E-state index in [2.05, 4.69) is 4.74 Å². The molecule has 0 spiro atoms. The fraction of sp³-hybridized carbons (Fsp3) is 0.500. The van der Waals surface area contributed by atoms with Gasteiger partial charge in [0.2, 0.25) is 0 Å². The highest BCUT2D eigenvalue weighted by molar-refractivity contribution is 8.14. The van der Waals surface area contributed by atoms with Crippen LogP contribution in [0.1, 0.15) is 13.3 Å². The number of rotatable bonds is 1. The van der Waals surface area contributed by atoms with Crippen molar-refractivity contribution in [1.82, 2.24) is 0 Å². The molecule has 5 heteroatoms. The molecule has 0 bridgehead atoms. The van der Waals surface area contributed by atoms with Gasteiger partial charge in [0.05, 0.1) is 6.42 Å². The Kier molecular flexibility index (Phi) is 2.28. The van der Waals surface area contributed by atoms with Gasteiger partial charge < -0.3 is 4.74 Å². The van der Waals surface area contributed by atoms with Crippen molar-refractivity contribution in [2.45, 2.75) is 18.6 Å². The molecular formula is C6H6O4S. The van der Waals surface area contributed by atoms with E-state index in [-0.39, 0.29) is 11.5 Å². The highest BCUT2D eigenvalue weighted by Crippen LogP contribution is 2.22. The van der Waals surface area contributed by atoms with Gasteiger partial charge in [0.1, 0.15) is 5.25 Å². The minimum atomic E-state index is -0.611. The van der Waals surface area contributed by atoms with Crippen molar-refractivity contribution in [3.8, 4) is 0 Å². The van der Waals surface area contributed by atoms with Crippen molar-refractivity contribution in [2.24, 2.45) is 0 Å². The predicted molar refractivity (Wildman–Crippen MR) is 37.8 cm³/mol. The molecule has 1 fully saturated rings. The second-order valence-corrected chi connectivity index (χ2v) is 3.47. The molecule has 1 saturated heterocycles. The second-order valence-electron chi connectivity index (χ2n) is 2.10. The lowest BCUT2D eigenvalue weighted by Crippen LogP contribution is -2.11. The molecule has 0 amide bonds. The first-order valence-corrected chi connectivity index (χ1v) is 3.89. The summed E-state index contributed by atoms with van der Waals surface area (Å²) in [5, 5.41) is -0.790. The van der Waals surface area contributed by atoms with Gasteiger partial charge in [-0.05, 0) is 0 Å². The maximum atomic E-state index is 10.7. The Morgan fingerprint density at radius 2 is 2.27 bits per heavy atom. The van der Waals surface area contributed by atoms with Crippen molar-refractivity contribution < 1.29 is 19.1 Å². The van der Waals surface area contributed by atoms with Gasteiger partial charge in [-0.25, -0.2) is 0 Å². The van der Waals surface area contributed by atoms with Crippen LogP contribution in [0.5, 0.6) is 0 Å². The van der Waals surface area contributed by atoms with Gasteiger partial charge in [-0.15, -0.1) is 0 Å². The molecule has 11 heavy (non-hydrogen) atoms. The minimum Gasteiger partial charge on any atom is -0.392 e. The Balaban J connectivity index is 2.53. The first-order valence-electron chi connectivity index (χ1n) is 3.01. The molecule has 1 rings (SSSR count). The lowest BCUT2D eigenvalue weighted by molar-refractivity contribution is -0.151. The third-order valence-electron chi connectivity index (χ3n) is 1.14. The number of cyclic esters (lactones) is 2. The number of ether oxygens (including phenoxy) is 1. The summed E-state index contributed by atoms with van der Waals surface area (Å²) >= 11 is 0.840. The van der Waals surface area contributed by atoms with E-state index in [0.29, 0.717) is 0 Å². The van der Waals surface area contributed by atoms with Crippen molar-refractivity contribution in [1.29, 1.82) is 0 Å². The third kappa shape index (κ3) is 2.04. The average molecular weight is 174 g/mol. The van der Waals surface area contributed by atoms with E-state index >= 15 is 0 Å². The Morgan fingerprint density at radius 3 is 2.64 bits per heavy atom. The molecule has 0 aliphatic carbocycles. The summed E-state index contributed by atoms with van der Waals surface area (Å²) in [5.41, 5.74) is 0. The van der Waals surface area contributed by atoms with Gasteiger partial charge >= 0.3 is 11.9 Å². The molecule has 0 aromatic carbocycles. The van der Waals surface area contributed by atoms with E-state index in [1.165, 1.54) is 6.92 Å². The molecule has 1 aliphatic heterocycles. The average Bonchev–Trinajstić information content (AvgIpc) is 2.09. The fourth-order valence-electron chi connectivity index (χ4n) is 0.744. The molecule has 1 heterocycles. The van der Waals surface area contributed by atoms with Gasteiger partial charge in [-0.2, -0.15) is 0 Å². The fourth-order valence-corrected chi connectivity index (χ4v) is 1.51. The van der Waals surface area contributed by atoms with Crippen LogP contribution in [0, 0.1) is 0 Å². The number of hydrogen-bond acceptors (Lipinski definition) is 5. The minimum absolute atomic E-state index is 0.0169. The first-order chi connectivity index (χ1) is 5.09. The van der Waals surface area contributed by atoms with Crippen LogP contribution in [-0.4, -0.2) is 22.3 Å². The van der Waals surface area contributed by atoms with Crippen LogP contribution < -0.4 is 0 Å². The van der Waals surface area contributed by atoms with Crippen molar-refractivity contribution >= 4 is 28.8 Å². The predicted octanol–water partition coefficient (Wildman–Crippen LogP) is 0.108. The summed E-state index contributed by atoms with van der Waals surface area (Å²) in [7, 11) is 0. The van der Waals surface area contributed by atoms with Crippen LogP contribution in [0.3, 0.4) is 0 Å². The summed E-state index contributed by atoms with van der Waals surface area (Å²) in [5.74, 6) is -1.15. The smallest absolute Gasteiger partial charge is 0.327 e. The topological polar surface area (TPSA) is 60.4 Å². The number of hydrogen-bond donors (Lipinski definition) is 0. The van der Waals surface area contributed by atoms with Crippen LogP contribution in [-0.2, 0) is 19.1 Å². The Bertz CT molecular complexity index is 223. The maximum Gasteiger partial charge on any atom is 0.327 e. The zero-order valence-electron chi connectivity index (χ0n) is 5.83. The van der Waals surface area contributed by atoms with Crippen molar-refractivity contribution in [2.75, 3.05) is 0 Å². The number of thioether (sulfide) groups is 1. The van der Waals surface area contributed by atoms with Gasteiger partial charge in [0, 0.05) is 6.92 Å². The summed E-state index contributed by atoms with van der Waals surface area (Å²) in [4.78, 5) is 31.7. The van der Waals surface area contributed by atoms with Crippen LogP contribution in [0.15, 0.2) is 0 Å². The van der Waals surface area contributed by atoms with Crippen molar-refractivity contribution in [3.63, 3.8) is 0 Å². The highest BCUT2D eigenvalue weighted by atomic mass is 32.2. The zero-order chi connectivity index (χ0) is 8.43. The molecule has 0 unspecified atom stereocenters. The molecule has 1 aliphatic rings. The second kappa shape index (κ2) is 3.04. The third-order valence-corrected chi connectivity index (χ3v) is 2.11. The van der Waals surface area contributed by atoms with E-state index in [1.54, 1.807) is 0 Å². The molecule has 0 radical (unpaired) electrons. The summed E-state index contributed by atoms with van der Waals surface area (Å²) in [6, 6.07) is 0. The van der Waals surface area contributed by atoms with E-state index in [1.807, 2.05) is 0 Å². The standard InChI is InChI=1S/C6H6O4S/c1-3(7)11-4-2-5(8)10-6(4)9/h4H,2H2,1H3/t4-/m0/s1. The Labute approximate surface area is 67.3 Å². The summed E-state index contributed by atoms with van der Waals surface area (Å²) in [6.07, 6.45) is 0.0169. The van der Waals surface area contributed by atoms with Crippen LogP contribution in [0.4, 0.5) is 0 Å². The molecule has 0 N–H and O–H groups in total. The zero-order valence-corrected chi connectivity index (χ0v) is 6.64. The Hall–Kier alpha value is -0.840. The molecule has 0 aromatic heterocycles. The van der Waals surface area contributed by atoms with Gasteiger partial charge in [0.15, 0.2) is 5.12 Å². The quantitative estimate of drug-likeness (QED) is 0.417. The van der Waals surface area contributed by atoms with E-state index in [4.69, 9.17) is 0 Å². The van der Waals surface area contributed by atoms with E-state index in [0.717, 1.165) is 11.8 Å². The van der Waals surface area contributed by atoms with Gasteiger partial charge in [-0.1, -0.05) is 11.8 Å². The summed E-state index contributed by atoms with van der Waals surface area (Å²) < 4.78 is 4.22. The normalized spacial score (nSPS) is 23.5. The molecule has 1 atom stereocenters. The van der Waals surface area contributed by atoms with Crippen LogP contribution in [0.25, 0.3) is 0 Å². The van der Waals surface area contributed by atoms with Crippen LogP contribution >= 0.6 is 11.8 Å². The number of carbonyl (C=O) groups excluding carboxylic acids is 3. The van der Waals surface area contributed by atoms with Gasteiger partial charge in [0.25, 0.3) is 0 Å². The molecular weight excluding hydrogens is 168 g/mol. The molecule has 0 saturated carbocycles. The Morgan fingerprint density at radius 1 is 1.64 bits per heavy atom. The monoisotopic (exact) mass is 174 g/mol. The maximum absolute atomic E-state index is 10.7. The highest BCUT2D eigenvalue weighted by Gasteiger charge is 2.34. The van der Waals surface area contributed by atoms with Crippen LogP contribution in [0.2, 0.25) is 0 Å². The lowest BCUT2D eigenvalue weighted by atomic mass is 10.4. The molecule has 4 nitrogen and oxygen atoms in total. The SMILES string of the molecule is CC(=O)S[C@H]1CC(=O)OC1=O. The molecule has 60 valence electrons. The largest absolute Gasteiger partial charge is 0.392 e.